The summed E-state index contributed by atoms with van der Waals surface area (Å²) in [4.78, 5) is 14.7. The number of para-hydroxylation sites is 1. The van der Waals surface area contributed by atoms with Gasteiger partial charge in [-0.2, -0.15) is 0 Å². The molecule has 2 aromatic carbocycles. The van der Waals surface area contributed by atoms with E-state index in [0.29, 0.717) is 24.0 Å². The third kappa shape index (κ3) is 4.72. The highest BCUT2D eigenvalue weighted by Gasteiger charge is 2.23. The minimum Gasteiger partial charge on any atom is -0.325 e. The molecule has 0 radical (unpaired) electrons. The summed E-state index contributed by atoms with van der Waals surface area (Å²) in [6.45, 7) is 3.38. The molecule has 1 fully saturated rings. The van der Waals surface area contributed by atoms with Crippen LogP contribution in [0.15, 0.2) is 59.5 Å². The van der Waals surface area contributed by atoms with Gasteiger partial charge in [0, 0.05) is 18.8 Å². The fourth-order valence-corrected chi connectivity index (χ4v) is 4.69. The monoisotopic (exact) mass is 401 g/mol. The summed E-state index contributed by atoms with van der Waals surface area (Å²) in [5.41, 5.74) is 1.06. The number of benzene rings is 2. The molecule has 0 aromatic heterocycles. The molecule has 0 bridgehead atoms. The van der Waals surface area contributed by atoms with Gasteiger partial charge >= 0.3 is 0 Å². The Labute approximate surface area is 167 Å². The Balaban J connectivity index is 1.72. The van der Waals surface area contributed by atoms with E-state index in [1.165, 1.54) is 29.9 Å². The molecule has 1 saturated heterocycles. The highest BCUT2D eigenvalue weighted by molar-refractivity contribution is 7.92. The molecule has 1 aliphatic rings. The van der Waals surface area contributed by atoms with E-state index in [-0.39, 0.29) is 10.8 Å². The molecule has 1 aliphatic heterocycles. The predicted molar refractivity (Wildman–Crippen MR) is 112 cm³/mol. The highest BCUT2D eigenvalue weighted by Crippen LogP contribution is 2.24. The number of carbonyl (C=O) groups excluding carboxylic acids is 1. The van der Waals surface area contributed by atoms with Gasteiger partial charge < -0.3 is 5.32 Å². The Hall–Kier alpha value is -2.38. The number of amides is 1. The second-order valence-corrected chi connectivity index (χ2v) is 9.17. The average molecular weight is 402 g/mol. The minimum atomic E-state index is -3.71. The second kappa shape index (κ2) is 8.75. The average Bonchev–Trinajstić information content (AvgIpc) is 2.70. The van der Waals surface area contributed by atoms with E-state index in [2.05, 4.69) is 17.1 Å². The summed E-state index contributed by atoms with van der Waals surface area (Å²) in [5.74, 6) is -0.125. The molecule has 3 rings (SSSR count). The van der Waals surface area contributed by atoms with Crippen molar-refractivity contribution in [1.82, 2.24) is 4.90 Å². The SMILES string of the molecule is C[C@H]1CCCCN1CC(=O)Nc1cccc(S(=O)(=O)N(C)c2ccccc2)c1. The number of nitrogens with one attached hydrogen (secondary N) is 1. The van der Waals surface area contributed by atoms with Crippen molar-refractivity contribution in [2.75, 3.05) is 29.8 Å². The van der Waals surface area contributed by atoms with Crippen LogP contribution in [0.4, 0.5) is 11.4 Å². The van der Waals surface area contributed by atoms with Crippen LogP contribution in [0.5, 0.6) is 0 Å². The Morgan fingerprint density at radius 1 is 1.14 bits per heavy atom. The summed E-state index contributed by atoms with van der Waals surface area (Å²) >= 11 is 0. The van der Waals surface area contributed by atoms with Gasteiger partial charge in [-0.25, -0.2) is 8.42 Å². The first-order valence-corrected chi connectivity index (χ1v) is 11.0. The zero-order valence-corrected chi connectivity index (χ0v) is 17.2. The fraction of sp³-hybridized carbons (Fsp3) is 0.381. The molecule has 0 saturated carbocycles. The minimum absolute atomic E-state index is 0.125. The second-order valence-electron chi connectivity index (χ2n) is 7.20. The van der Waals surface area contributed by atoms with Crippen LogP contribution in [0.3, 0.4) is 0 Å². The van der Waals surface area contributed by atoms with E-state index in [1.807, 2.05) is 6.07 Å². The van der Waals surface area contributed by atoms with Crippen molar-refractivity contribution in [3.05, 3.63) is 54.6 Å². The van der Waals surface area contributed by atoms with E-state index < -0.39 is 10.0 Å². The first-order chi connectivity index (χ1) is 13.4. The maximum atomic E-state index is 12.9. The molecule has 150 valence electrons. The summed E-state index contributed by atoms with van der Waals surface area (Å²) in [5, 5.41) is 2.84. The topological polar surface area (TPSA) is 69.7 Å². The zero-order chi connectivity index (χ0) is 20.1. The van der Waals surface area contributed by atoms with Gasteiger partial charge in [0.25, 0.3) is 10.0 Å². The van der Waals surface area contributed by atoms with Crippen molar-refractivity contribution in [3.8, 4) is 0 Å². The molecular formula is C21H27N3O3S. The van der Waals surface area contributed by atoms with Gasteiger partial charge in [0.1, 0.15) is 0 Å². The Bertz CT molecular complexity index is 916. The maximum absolute atomic E-state index is 12.9. The van der Waals surface area contributed by atoms with Crippen LogP contribution in [0.2, 0.25) is 0 Å². The van der Waals surface area contributed by atoms with Crippen molar-refractivity contribution in [3.63, 3.8) is 0 Å². The number of hydrogen-bond acceptors (Lipinski definition) is 4. The lowest BCUT2D eigenvalue weighted by Gasteiger charge is -2.32. The summed E-state index contributed by atoms with van der Waals surface area (Å²) in [6, 6.07) is 15.7. The molecular weight excluding hydrogens is 374 g/mol. The first kappa shape index (κ1) is 20.4. The fourth-order valence-electron chi connectivity index (χ4n) is 3.45. The third-order valence-corrected chi connectivity index (χ3v) is 6.96. The van der Waals surface area contributed by atoms with E-state index in [1.54, 1.807) is 36.4 Å². The van der Waals surface area contributed by atoms with Gasteiger partial charge in [0.15, 0.2) is 0 Å². The van der Waals surface area contributed by atoms with Crippen LogP contribution in [0.1, 0.15) is 26.2 Å². The third-order valence-electron chi connectivity index (χ3n) is 5.18. The zero-order valence-electron chi connectivity index (χ0n) is 16.3. The van der Waals surface area contributed by atoms with E-state index in [0.717, 1.165) is 19.4 Å². The van der Waals surface area contributed by atoms with Crippen LogP contribution in [0, 0.1) is 0 Å². The number of hydrogen-bond donors (Lipinski definition) is 1. The summed E-state index contributed by atoms with van der Waals surface area (Å²) < 4.78 is 27.1. The van der Waals surface area contributed by atoms with Gasteiger partial charge in [0.2, 0.25) is 5.91 Å². The molecule has 28 heavy (non-hydrogen) atoms. The first-order valence-electron chi connectivity index (χ1n) is 9.56. The molecule has 2 aromatic rings. The van der Waals surface area contributed by atoms with Crippen molar-refractivity contribution in [2.45, 2.75) is 37.1 Å². The molecule has 7 heteroatoms. The van der Waals surface area contributed by atoms with Gasteiger partial charge in [-0.05, 0) is 56.6 Å². The number of carbonyl (C=O) groups is 1. The lowest BCUT2D eigenvalue weighted by atomic mass is 10.0. The molecule has 0 spiro atoms. The molecule has 1 amide bonds. The van der Waals surface area contributed by atoms with Crippen molar-refractivity contribution >= 4 is 27.3 Å². The standard InChI is InChI=1S/C21H27N3O3S/c1-17-9-6-7-14-24(17)16-21(25)22-18-10-8-13-20(15-18)28(26,27)23(2)19-11-4-3-5-12-19/h3-5,8,10-13,15,17H,6-7,9,14,16H2,1-2H3,(H,22,25)/t17-/m0/s1. The molecule has 1 N–H and O–H groups in total. The number of anilines is 2. The molecule has 1 atom stereocenters. The van der Waals surface area contributed by atoms with Crippen LogP contribution in [-0.2, 0) is 14.8 Å². The van der Waals surface area contributed by atoms with Gasteiger partial charge in [-0.1, -0.05) is 30.7 Å². The summed E-state index contributed by atoms with van der Waals surface area (Å²) in [6.07, 6.45) is 3.41. The summed E-state index contributed by atoms with van der Waals surface area (Å²) in [7, 11) is -2.19. The van der Waals surface area contributed by atoms with Crippen LogP contribution < -0.4 is 9.62 Å². The van der Waals surface area contributed by atoms with Crippen LogP contribution >= 0.6 is 0 Å². The van der Waals surface area contributed by atoms with E-state index in [9.17, 15) is 13.2 Å². The van der Waals surface area contributed by atoms with Crippen molar-refractivity contribution in [1.29, 1.82) is 0 Å². The van der Waals surface area contributed by atoms with Crippen molar-refractivity contribution < 1.29 is 13.2 Å². The largest absolute Gasteiger partial charge is 0.325 e. The van der Waals surface area contributed by atoms with Crippen LogP contribution in [0.25, 0.3) is 0 Å². The quantitative estimate of drug-likeness (QED) is 0.806. The highest BCUT2D eigenvalue weighted by atomic mass is 32.2. The number of piperidine rings is 1. The molecule has 0 aliphatic carbocycles. The molecule has 0 unspecified atom stereocenters. The molecule has 1 heterocycles. The Kier molecular flexibility index (Phi) is 6.36. The lowest BCUT2D eigenvalue weighted by molar-refractivity contribution is -0.118. The smallest absolute Gasteiger partial charge is 0.264 e. The number of nitrogens with zero attached hydrogens (tertiary/aromatic N) is 2. The Morgan fingerprint density at radius 3 is 2.61 bits per heavy atom. The number of sulfonamides is 1. The van der Waals surface area contributed by atoms with Gasteiger partial charge in [-0.3, -0.25) is 14.0 Å². The maximum Gasteiger partial charge on any atom is 0.264 e. The normalized spacial score (nSPS) is 17.9. The van der Waals surface area contributed by atoms with E-state index in [4.69, 9.17) is 0 Å². The molecule has 6 nitrogen and oxygen atoms in total. The predicted octanol–water partition coefficient (Wildman–Crippen LogP) is 3.32. The van der Waals surface area contributed by atoms with Crippen LogP contribution in [-0.4, -0.2) is 45.4 Å². The van der Waals surface area contributed by atoms with Crippen molar-refractivity contribution in [2.24, 2.45) is 0 Å². The number of likely N-dealkylation sites (tertiary alicyclic amines) is 1. The van der Waals surface area contributed by atoms with Gasteiger partial charge in [-0.15, -0.1) is 0 Å². The van der Waals surface area contributed by atoms with Gasteiger partial charge in [0.05, 0.1) is 17.1 Å². The van der Waals surface area contributed by atoms with E-state index >= 15 is 0 Å². The number of rotatable bonds is 6. The Morgan fingerprint density at radius 2 is 1.89 bits per heavy atom. The lowest BCUT2D eigenvalue weighted by Crippen LogP contribution is -2.42.